The Morgan fingerprint density at radius 1 is 1.56 bits per heavy atom. The molecule has 94 valence electrons. The maximum absolute atomic E-state index is 11.3. The summed E-state index contributed by atoms with van der Waals surface area (Å²) in [4.78, 5) is 11.3. The van der Waals surface area contributed by atoms with Crippen molar-refractivity contribution in [3.05, 3.63) is 0 Å². The Bertz CT molecular complexity index is 205. The monoisotopic (exact) mass is 230 g/mol. The van der Waals surface area contributed by atoms with Crippen LogP contribution in [0.2, 0.25) is 0 Å². The summed E-state index contributed by atoms with van der Waals surface area (Å²) in [6.07, 6.45) is 2.71. The van der Waals surface area contributed by atoms with E-state index in [2.05, 4.69) is 10.6 Å². The largest absolute Gasteiger partial charge is 0.394 e. The molecule has 1 heterocycles. The van der Waals surface area contributed by atoms with Crippen molar-refractivity contribution in [3.8, 4) is 0 Å². The summed E-state index contributed by atoms with van der Waals surface area (Å²) in [7, 11) is 0. The number of piperidine rings is 1. The lowest BCUT2D eigenvalue weighted by atomic mass is 10.1. The topological polar surface area (TPSA) is 70.6 Å². The van der Waals surface area contributed by atoms with E-state index in [-0.39, 0.29) is 18.6 Å². The van der Waals surface area contributed by atoms with E-state index >= 15 is 0 Å². The number of aliphatic hydroxyl groups is 1. The third-order valence-corrected chi connectivity index (χ3v) is 2.65. The second-order valence-corrected chi connectivity index (χ2v) is 4.22. The molecule has 3 N–H and O–H groups in total. The molecule has 1 atom stereocenters. The normalized spacial score (nSPS) is 19.4. The van der Waals surface area contributed by atoms with Crippen molar-refractivity contribution in [2.45, 2.75) is 38.3 Å². The van der Waals surface area contributed by atoms with Crippen molar-refractivity contribution in [1.29, 1.82) is 0 Å². The van der Waals surface area contributed by atoms with Gasteiger partial charge in [0, 0.05) is 12.5 Å². The molecule has 16 heavy (non-hydrogen) atoms. The third-order valence-electron chi connectivity index (χ3n) is 2.65. The molecule has 5 heteroatoms. The molecule has 1 saturated heterocycles. The number of carbonyl (C=O) groups excluding carboxylic acids is 1. The zero-order valence-electron chi connectivity index (χ0n) is 9.87. The SMILES string of the molecule is C[C@@H](CO)NC(=O)CCOC1CCNCC1. The first kappa shape index (κ1) is 13.4. The number of ether oxygens (including phenoxy) is 1. The van der Waals surface area contributed by atoms with Gasteiger partial charge in [-0.1, -0.05) is 0 Å². The highest BCUT2D eigenvalue weighted by Crippen LogP contribution is 2.07. The van der Waals surface area contributed by atoms with Crippen LogP contribution in [0.15, 0.2) is 0 Å². The number of rotatable bonds is 6. The van der Waals surface area contributed by atoms with Crippen LogP contribution in [0.4, 0.5) is 0 Å². The number of amides is 1. The fraction of sp³-hybridized carbons (Fsp3) is 0.909. The Kier molecular flexibility index (Phi) is 6.37. The van der Waals surface area contributed by atoms with Crippen LogP contribution in [0.25, 0.3) is 0 Å². The van der Waals surface area contributed by atoms with Gasteiger partial charge in [0.25, 0.3) is 0 Å². The molecule has 5 nitrogen and oxygen atoms in total. The molecule has 1 rings (SSSR count). The molecule has 0 spiro atoms. The summed E-state index contributed by atoms with van der Waals surface area (Å²) in [6.45, 7) is 4.21. The molecule has 0 aromatic heterocycles. The quantitative estimate of drug-likeness (QED) is 0.583. The summed E-state index contributed by atoms with van der Waals surface area (Å²) < 4.78 is 5.61. The first-order valence-corrected chi connectivity index (χ1v) is 5.95. The van der Waals surface area contributed by atoms with Gasteiger partial charge in [0.1, 0.15) is 0 Å². The van der Waals surface area contributed by atoms with E-state index in [0.29, 0.717) is 19.1 Å². The highest BCUT2D eigenvalue weighted by Gasteiger charge is 2.13. The molecule has 1 aliphatic rings. The van der Waals surface area contributed by atoms with Gasteiger partial charge in [-0.3, -0.25) is 4.79 Å². The first-order chi connectivity index (χ1) is 7.72. The van der Waals surface area contributed by atoms with Crippen molar-refractivity contribution >= 4 is 5.91 Å². The maximum atomic E-state index is 11.3. The average molecular weight is 230 g/mol. The average Bonchev–Trinajstić information content (AvgIpc) is 2.30. The number of hydrogen-bond acceptors (Lipinski definition) is 4. The minimum absolute atomic E-state index is 0.0269. The lowest BCUT2D eigenvalue weighted by Crippen LogP contribution is -2.36. The molecule has 1 amide bonds. The second kappa shape index (κ2) is 7.60. The number of aliphatic hydroxyl groups excluding tert-OH is 1. The standard InChI is InChI=1S/C11H22N2O3/c1-9(8-14)13-11(15)4-7-16-10-2-5-12-6-3-10/h9-10,12,14H,2-8H2,1H3,(H,13,15)/t9-/m0/s1. The van der Waals surface area contributed by atoms with Crippen LogP contribution in [-0.2, 0) is 9.53 Å². The zero-order chi connectivity index (χ0) is 11.8. The van der Waals surface area contributed by atoms with Crippen molar-refractivity contribution in [1.82, 2.24) is 10.6 Å². The predicted molar refractivity (Wildman–Crippen MR) is 61.2 cm³/mol. The predicted octanol–water partition coefficient (Wildman–Crippen LogP) is -0.358. The molecule has 0 radical (unpaired) electrons. The lowest BCUT2D eigenvalue weighted by molar-refractivity contribution is -0.123. The van der Waals surface area contributed by atoms with E-state index < -0.39 is 0 Å². The Morgan fingerprint density at radius 3 is 2.88 bits per heavy atom. The van der Waals surface area contributed by atoms with E-state index in [4.69, 9.17) is 9.84 Å². The van der Waals surface area contributed by atoms with Crippen LogP contribution >= 0.6 is 0 Å². The lowest BCUT2D eigenvalue weighted by Gasteiger charge is -2.22. The molecular weight excluding hydrogens is 208 g/mol. The van der Waals surface area contributed by atoms with E-state index in [1.807, 2.05) is 0 Å². The van der Waals surface area contributed by atoms with E-state index in [9.17, 15) is 4.79 Å². The fourth-order valence-electron chi connectivity index (χ4n) is 1.67. The van der Waals surface area contributed by atoms with Gasteiger partial charge in [-0.05, 0) is 32.9 Å². The summed E-state index contributed by atoms with van der Waals surface area (Å²) in [5, 5.41) is 14.7. The molecule has 0 aromatic rings. The minimum Gasteiger partial charge on any atom is -0.394 e. The van der Waals surface area contributed by atoms with Crippen molar-refractivity contribution in [2.75, 3.05) is 26.3 Å². The van der Waals surface area contributed by atoms with Crippen LogP contribution in [-0.4, -0.2) is 49.5 Å². The van der Waals surface area contributed by atoms with Crippen molar-refractivity contribution in [3.63, 3.8) is 0 Å². The second-order valence-electron chi connectivity index (χ2n) is 4.22. The zero-order valence-corrected chi connectivity index (χ0v) is 9.87. The van der Waals surface area contributed by atoms with Gasteiger partial charge in [0.2, 0.25) is 5.91 Å². The minimum atomic E-state index is -0.175. The third kappa shape index (κ3) is 5.44. The van der Waals surface area contributed by atoms with Gasteiger partial charge in [-0.2, -0.15) is 0 Å². The maximum Gasteiger partial charge on any atom is 0.222 e. The summed E-state index contributed by atoms with van der Waals surface area (Å²) in [6, 6.07) is -0.175. The van der Waals surface area contributed by atoms with Crippen LogP contribution < -0.4 is 10.6 Å². The van der Waals surface area contributed by atoms with Crippen LogP contribution in [0, 0.1) is 0 Å². The Morgan fingerprint density at radius 2 is 2.25 bits per heavy atom. The number of nitrogens with one attached hydrogen (secondary N) is 2. The molecule has 0 saturated carbocycles. The molecule has 1 aliphatic heterocycles. The summed E-state index contributed by atoms with van der Waals surface area (Å²) in [5.74, 6) is -0.0597. The number of hydrogen-bond donors (Lipinski definition) is 3. The molecular formula is C11H22N2O3. The van der Waals surface area contributed by atoms with E-state index in [1.54, 1.807) is 6.92 Å². The Labute approximate surface area is 96.6 Å². The molecule has 0 bridgehead atoms. The van der Waals surface area contributed by atoms with Crippen LogP contribution in [0.1, 0.15) is 26.2 Å². The van der Waals surface area contributed by atoms with Crippen LogP contribution in [0.3, 0.4) is 0 Å². The van der Waals surface area contributed by atoms with Gasteiger partial charge in [-0.15, -0.1) is 0 Å². The molecule has 0 unspecified atom stereocenters. The van der Waals surface area contributed by atoms with Crippen molar-refractivity contribution < 1.29 is 14.6 Å². The van der Waals surface area contributed by atoms with Gasteiger partial charge in [-0.25, -0.2) is 0 Å². The molecule has 0 aliphatic carbocycles. The van der Waals surface area contributed by atoms with E-state index in [1.165, 1.54) is 0 Å². The summed E-state index contributed by atoms with van der Waals surface area (Å²) in [5.41, 5.74) is 0. The smallest absolute Gasteiger partial charge is 0.222 e. The highest BCUT2D eigenvalue weighted by molar-refractivity contribution is 5.76. The number of carbonyl (C=O) groups is 1. The fourth-order valence-corrected chi connectivity index (χ4v) is 1.67. The van der Waals surface area contributed by atoms with E-state index in [0.717, 1.165) is 25.9 Å². The molecule has 0 aromatic carbocycles. The summed E-state index contributed by atoms with van der Waals surface area (Å²) >= 11 is 0. The first-order valence-electron chi connectivity index (χ1n) is 5.95. The van der Waals surface area contributed by atoms with Crippen molar-refractivity contribution in [2.24, 2.45) is 0 Å². The highest BCUT2D eigenvalue weighted by atomic mass is 16.5. The van der Waals surface area contributed by atoms with Crippen LogP contribution in [0.5, 0.6) is 0 Å². The Balaban J connectivity index is 2.03. The van der Waals surface area contributed by atoms with Gasteiger partial charge < -0.3 is 20.5 Å². The van der Waals surface area contributed by atoms with Gasteiger partial charge in [0.05, 0.1) is 19.3 Å². The van der Waals surface area contributed by atoms with Gasteiger partial charge >= 0.3 is 0 Å². The Hall–Kier alpha value is -0.650. The van der Waals surface area contributed by atoms with Gasteiger partial charge in [0.15, 0.2) is 0 Å². The molecule has 1 fully saturated rings.